The molecule has 9 heteroatoms. The van der Waals surface area contributed by atoms with Crippen molar-refractivity contribution in [1.82, 2.24) is 15.2 Å². The van der Waals surface area contributed by atoms with Gasteiger partial charge in [0.05, 0.1) is 5.56 Å². The number of aromatic nitrogens is 1. The Bertz CT molecular complexity index is 1390. The van der Waals surface area contributed by atoms with Crippen molar-refractivity contribution in [3.8, 4) is 0 Å². The molecule has 0 saturated carbocycles. The second kappa shape index (κ2) is 15.0. The highest BCUT2D eigenvalue weighted by Gasteiger charge is 2.22. The number of nitrogens with one attached hydrogen (secondary N) is 3. The molecule has 3 N–H and O–H groups in total. The Labute approximate surface area is 257 Å². The van der Waals surface area contributed by atoms with Gasteiger partial charge < -0.3 is 20.5 Å². The number of halogens is 2. The van der Waals surface area contributed by atoms with Crippen LogP contribution in [-0.2, 0) is 17.0 Å². The van der Waals surface area contributed by atoms with E-state index < -0.39 is 0 Å². The molecule has 0 spiro atoms. The molecule has 1 fully saturated rings. The Morgan fingerprint density at radius 1 is 1.12 bits per heavy atom. The minimum absolute atomic E-state index is 0.0684. The molecule has 5 rings (SSSR count). The number of rotatable bonds is 8. The van der Waals surface area contributed by atoms with Gasteiger partial charge in [0, 0.05) is 62.5 Å². The summed E-state index contributed by atoms with van der Waals surface area (Å²) >= 11 is 14.2. The van der Waals surface area contributed by atoms with Crippen molar-refractivity contribution in [1.29, 1.82) is 0 Å². The summed E-state index contributed by atoms with van der Waals surface area (Å²) in [6.07, 6.45) is 7.18. The maximum absolute atomic E-state index is 12.5. The Balaban J connectivity index is 0.000000483. The Hall–Kier alpha value is -2.71. The number of anilines is 1. The summed E-state index contributed by atoms with van der Waals surface area (Å²) in [6, 6.07) is 11.4. The van der Waals surface area contributed by atoms with E-state index in [1.807, 2.05) is 56.4 Å². The van der Waals surface area contributed by atoms with E-state index in [1.54, 1.807) is 11.8 Å². The smallest absolute Gasteiger partial charge is 0.253 e. The molecule has 1 saturated heterocycles. The maximum atomic E-state index is 12.5. The number of H-pyrrole nitrogens is 1. The number of carbonyl (C=O) groups excluding carboxylic acids is 2. The van der Waals surface area contributed by atoms with Crippen molar-refractivity contribution in [3.63, 3.8) is 0 Å². The lowest BCUT2D eigenvalue weighted by Gasteiger charge is -2.12. The fourth-order valence-electron chi connectivity index (χ4n) is 5.20. The van der Waals surface area contributed by atoms with Gasteiger partial charge in [0.25, 0.3) is 5.91 Å². The molecule has 41 heavy (non-hydrogen) atoms. The lowest BCUT2D eigenvalue weighted by atomic mass is 10.0. The van der Waals surface area contributed by atoms with Crippen molar-refractivity contribution in [2.45, 2.75) is 50.2 Å². The maximum Gasteiger partial charge on any atom is 0.253 e. The second-order valence-electron chi connectivity index (χ2n) is 10.2. The SMILES string of the molecule is CCN1CCCC1.CNc1ccc(SCc2c(Cl)cccc2Cl)cc1/C(C=O)=C/c1[nH]c2c(c1C)C(=O)NCCC2. The number of aromatic amines is 1. The largest absolute Gasteiger partial charge is 0.388 e. The molecule has 0 unspecified atom stereocenters. The van der Waals surface area contributed by atoms with E-state index in [1.165, 1.54) is 32.5 Å². The fourth-order valence-corrected chi connectivity index (χ4v) is 6.88. The van der Waals surface area contributed by atoms with Crippen LogP contribution in [0.5, 0.6) is 0 Å². The van der Waals surface area contributed by atoms with E-state index in [0.717, 1.165) is 57.8 Å². The van der Waals surface area contributed by atoms with E-state index in [2.05, 4.69) is 27.4 Å². The van der Waals surface area contributed by atoms with Crippen LogP contribution in [0.2, 0.25) is 10.0 Å². The van der Waals surface area contributed by atoms with Gasteiger partial charge in [0.1, 0.15) is 0 Å². The van der Waals surface area contributed by atoms with Crippen LogP contribution in [-0.4, -0.2) is 55.3 Å². The molecule has 2 aliphatic rings. The molecule has 2 aromatic carbocycles. The van der Waals surface area contributed by atoms with Crippen LogP contribution in [0, 0.1) is 6.92 Å². The van der Waals surface area contributed by atoms with Crippen molar-refractivity contribution in [2.75, 3.05) is 38.5 Å². The summed E-state index contributed by atoms with van der Waals surface area (Å²) in [5.41, 5.74) is 6.22. The first-order valence-electron chi connectivity index (χ1n) is 14.1. The molecule has 218 valence electrons. The topological polar surface area (TPSA) is 77.2 Å². The third kappa shape index (κ3) is 7.77. The van der Waals surface area contributed by atoms with Crippen LogP contribution in [0.25, 0.3) is 11.6 Å². The molecule has 0 radical (unpaired) electrons. The number of hydrogen-bond acceptors (Lipinski definition) is 5. The van der Waals surface area contributed by atoms with Gasteiger partial charge >= 0.3 is 0 Å². The van der Waals surface area contributed by atoms with E-state index in [9.17, 15) is 9.59 Å². The third-order valence-corrected chi connectivity index (χ3v) is 9.30. The molecule has 1 aromatic heterocycles. The first kappa shape index (κ1) is 31.2. The van der Waals surface area contributed by atoms with Gasteiger partial charge in [-0.1, -0.05) is 36.2 Å². The van der Waals surface area contributed by atoms with Crippen molar-refractivity contribution >= 4 is 64.5 Å². The number of likely N-dealkylation sites (tertiary alicyclic amines) is 1. The van der Waals surface area contributed by atoms with Crippen LogP contribution in [0.3, 0.4) is 0 Å². The summed E-state index contributed by atoms with van der Waals surface area (Å²) in [7, 11) is 1.82. The highest BCUT2D eigenvalue weighted by molar-refractivity contribution is 7.98. The first-order chi connectivity index (χ1) is 19.9. The van der Waals surface area contributed by atoms with Crippen molar-refractivity contribution < 1.29 is 9.59 Å². The molecule has 0 atom stereocenters. The Kier molecular flexibility index (Phi) is 11.4. The highest BCUT2D eigenvalue weighted by atomic mass is 35.5. The van der Waals surface area contributed by atoms with Gasteiger partial charge in [0.2, 0.25) is 0 Å². The Morgan fingerprint density at radius 3 is 2.49 bits per heavy atom. The number of carbonyl (C=O) groups is 2. The second-order valence-corrected chi connectivity index (χ2v) is 12.0. The van der Waals surface area contributed by atoms with Crippen molar-refractivity contribution in [3.05, 3.63) is 80.1 Å². The van der Waals surface area contributed by atoms with E-state index in [0.29, 0.717) is 33.5 Å². The van der Waals surface area contributed by atoms with E-state index in [-0.39, 0.29) is 5.91 Å². The minimum Gasteiger partial charge on any atom is -0.388 e. The van der Waals surface area contributed by atoms with E-state index in [4.69, 9.17) is 23.2 Å². The lowest BCUT2D eigenvalue weighted by molar-refractivity contribution is -0.103. The van der Waals surface area contributed by atoms with E-state index >= 15 is 0 Å². The molecule has 6 nitrogen and oxygen atoms in total. The van der Waals surface area contributed by atoms with Crippen LogP contribution in [0.4, 0.5) is 5.69 Å². The predicted octanol–water partition coefficient (Wildman–Crippen LogP) is 7.48. The number of amides is 1. The van der Waals surface area contributed by atoms with Gasteiger partial charge in [0.15, 0.2) is 6.29 Å². The molecule has 0 bridgehead atoms. The summed E-state index contributed by atoms with van der Waals surface area (Å²) in [6.45, 7) is 8.74. The van der Waals surface area contributed by atoms with Gasteiger partial charge in [-0.25, -0.2) is 0 Å². The first-order valence-corrected chi connectivity index (χ1v) is 15.9. The number of nitrogens with zero attached hydrogens (tertiary/aromatic N) is 1. The number of thioether (sulfide) groups is 1. The molecule has 3 aromatic rings. The van der Waals surface area contributed by atoms with Crippen molar-refractivity contribution in [2.24, 2.45) is 0 Å². The number of aryl methyl sites for hydroxylation is 1. The number of aldehydes is 1. The third-order valence-electron chi connectivity index (χ3n) is 7.57. The minimum atomic E-state index is -0.0684. The summed E-state index contributed by atoms with van der Waals surface area (Å²) in [5, 5.41) is 7.37. The summed E-state index contributed by atoms with van der Waals surface area (Å²) in [5.74, 6) is 0.537. The number of hydrogen-bond donors (Lipinski definition) is 3. The number of allylic oxidation sites excluding steroid dienone is 1. The average Bonchev–Trinajstić information content (AvgIpc) is 3.57. The van der Waals surface area contributed by atoms with Gasteiger partial charge in [-0.3, -0.25) is 9.59 Å². The van der Waals surface area contributed by atoms with Crippen LogP contribution < -0.4 is 10.6 Å². The zero-order chi connectivity index (χ0) is 29.4. The monoisotopic (exact) mass is 612 g/mol. The highest BCUT2D eigenvalue weighted by Crippen LogP contribution is 2.35. The number of fused-ring (bicyclic) bond motifs is 1. The summed E-state index contributed by atoms with van der Waals surface area (Å²) in [4.78, 5) is 31.5. The quantitative estimate of drug-likeness (QED) is 0.140. The zero-order valence-electron chi connectivity index (χ0n) is 23.9. The van der Waals surface area contributed by atoms with Crippen LogP contribution in [0.1, 0.15) is 64.6 Å². The fraction of sp³-hybridized carbons (Fsp3) is 0.375. The number of benzene rings is 2. The molecular weight excluding hydrogens is 575 g/mol. The molecule has 3 heterocycles. The van der Waals surface area contributed by atoms with Crippen LogP contribution >= 0.6 is 35.0 Å². The van der Waals surface area contributed by atoms with Gasteiger partial charge in [-0.15, -0.1) is 11.8 Å². The summed E-state index contributed by atoms with van der Waals surface area (Å²) < 4.78 is 0. The standard InChI is InChI=1S/C26H25Cl2N3O2S.C6H13N/c1-15-24(31-23-7-4-10-30-26(33)25(15)23)11-16(13-32)18-12-17(8-9-22(18)29-2)34-14-19-20(27)5-3-6-21(19)28;1-2-7-5-3-4-6-7/h3,5-6,8-9,11-13,29,31H,4,7,10,14H2,1-2H3,(H,30,33);2-6H2,1H3/b16-11+;. The zero-order valence-corrected chi connectivity index (χ0v) is 26.2. The average molecular weight is 614 g/mol. The molecular formula is C32H38Cl2N4O2S. The lowest BCUT2D eigenvalue weighted by Crippen LogP contribution is -2.22. The molecule has 2 aliphatic heterocycles. The Morgan fingerprint density at radius 2 is 1.85 bits per heavy atom. The van der Waals surface area contributed by atoms with Gasteiger partial charge in [-0.2, -0.15) is 0 Å². The molecule has 0 aliphatic carbocycles. The molecule has 1 amide bonds. The van der Waals surface area contributed by atoms with Crippen LogP contribution in [0.15, 0.2) is 41.3 Å². The van der Waals surface area contributed by atoms with Gasteiger partial charge in [-0.05, 0) is 99.8 Å². The predicted molar refractivity (Wildman–Crippen MR) is 173 cm³/mol. The normalized spacial score (nSPS) is 15.4.